The molecule has 0 saturated carbocycles. The van der Waals surface area contributed by atoms with Crippen molar-refractivity contribution in [2.24, 2.45) is 5.92 Å². The smallest absolute Gasteiger partial charge is 0.0468 e. The monoisotopic (exact) mass is 271 g/mol. The van der Waals surface area contributed by atoms with E-state index >= 15 is 0 Å². The molecule has 0 aromatic heterocycles. The summed E-state index contributed by atoms with van der Waals surface area (Å²) in [6.45, 7) is 4.15. The highest BCUT2D eigenvalue weighted by Crippen LogP contribution is 2.13. The van der Waals surface area contributed by atoms with Crippen LogP contribution in [0.15, 0.2) is 28.7 Å². The Kier molecular flexibility index (Phi) is 5.29. The summed E-state index contributed by atoms with van der Waals surface area (Å²) in [5.74, 6) is 0.335. The fourth-order valence-corrected chi connectivity index (χ4v) is 2.05. The second kappa shape index (κ2) is 6.26. The lowest BCUT2D eigenvalue weighted by Crippen LogP contribution is -2.25. The predicted molar refractivity (Wildman–Crippen MR) is 66.7 cm³/mol. The number of nitrogens with zero attached hydrogens (tertiary/aromatic N) is 1. The van der Waals surface area contributed by atoms with Gasteiger partial charge in [-0.25, -0.2) is 0 Å². The maximum Gasteiger partial charge on any atom is 0.0468 e. The zero-order valence-corrected chi connectivity index (χ0v) is 10.9. The highest BCUT2D eigenvalue weighted by atomic mass is 79.9. The van der Waals surface area contributed by atoms with Crippen LogP contribution in [-0.2, 0) is 6.54 Å². The van der Waals surface area contributed by atoms with E-state index in [-0.39, 0.29) is 6.61 Å². The molecule has 0 aliphatic rings. The fraction of sp³-hybridized carbons (Fsp3) is 0.500. The molecule has 0 spiro atoms. The molecule has 0 fully saturated rings. The molecule has 1 atom stereocenters. The van der Waals surface area contributed by atoms with Gasteiger partial charge in [0.1, 0.15) is 0 Å². The molecule has 0 aliphatic carbocycles. The summed E-state index contributed by atoms with van der Waals surface area (Å²) in [7, 11) is 2.08. The van der Waals surface area contributed by atoms with Gasteiger partial charge in [0.15, 0.2) is 0 Å². The third-order valence-corrected chi connectivity index (χ3v) is 2.77. The van der Waals surface area contributed by atoms with Crippen LogP contribution in [0.2, 0.25) is 0 Å². The summed E-state index contributed by atoms with van der Waals surface area (Å²) in [5, 5.41) is 8.96. The topological polar surface area (TPSA) is 23.5 Å². The fourth-order valence-electron chi connectivity index (χ4n) is 1.60. The van der Waals surface area contributed by atoms with Crippen molar-refractivity contribution in [3.63, 3.8) is 0 Å². The molecule has 0 heterocycles. The van der Waals surface area contributed by atoms with Crippen LogP contribution in [0.3, 0.4) is 0 Å². The highest BCUT2D eigenvalue weighted by molar-refractivity contribution is 9.10. The van der Waals surface area contributed by atoms with Gasteiger partial charge in [0.05, 0.1) is 0 Å². The van der Waals surface area contributed by atoms with Crippen LogP contribution in [0.1, 0.15) is 12.5 Å². The van der Waals surface area contributed by atoms with Crippen LogP contribution in [-0.4, -0.2) is 30.2 Å². The normalized spacial score (nSPS) is 13.1. The van der Waals surface area contributed by atoms with Crippen LogP contribution >= 0.6 is 15.9 Å². The van der Waals surface area contributed by atoms with Crippen molar-refractivity contribution in [3.8, 4) is 0 Å². The summed E-state index contributed by atoms with van der Waals surface area (Å²) < 4.78 is 1.11. The molecule has 1 N–H and O–H groups in total. The van der Waals surface area contributed by atoms with Gasteiger partial charge in [-0.3, -0.25) is 0 Å². The van der Waals surface area contributed by atoms with Crippen LogP contribution in [0.25, 0.3) is 0 Å². The third kappa shape index (κ3) is 4.78. The molecule has 3 heteroatoms. The van der Waals surface area contributed by atoms with Crippen molar-refractivity contribution in [3.05, 3.63) is 34.3 Å². The Morgan fingerprint density at radius 2 is 2.20 bits per heavy atom. The second-order valence-corrected chi connectivity index (χ2v) is 5.03. The lowest BCUT2D eigenvalue weighted by molar-refractivity contribution is 0.188. The number of rotatable bonds is 5. The molecule has 1 aromatic carbocycles. The second-order valence-electron chi connectivity index (χ2n) is 4.11. The number of hydrogen-bond acceptors (Lipinski definition) is 2. The molecule has 1 unspecified atom stereocenters. The van der Waals surface area contributed by atoms with Crippen molar-refractivity contribution in [2.75, 3.05) is 20.2 Å². The average molecular weight is 272 g/mol. The molecule has 0 saturated heterocycles. The molecular weight excluding hydrogens is 254 g/mol. The van der Waals surface area contributed by atoms with E-state index in [2.05, 4.69) is 46.9 Å². The lowest BCUT2D eigenvalue weighted by atomic mass is 10.1. The predicted octanol–water partition coefficient (Wildman–Crippen LogP) is 2.51. The van der Waals surface area contributed by atoms with Crippen molar-refractivity contribution in [1.82, 2.24) is 4.90 Å². The van der Waals surface area contributed by atoms with E-state index in [1.165, 1.54) is 5.56 Å². The van der Waals surface area contributed by atoms with Crippen molar-refractivity contribution >= 4 is 15.9 Å². The standard InChI is InChI=1S/C12H18BrNO/c1-10(9-15)7-14(2)8-11-4-3-5-12(13)6-11/h3-6,10,15H,7-9H2,1-2H3. The van der Waals surface area contributed by atoms with Crippen molar-refractivity contribution in [2.45, 2.75) is 13.5 Å². The van der Waals surface area contributed by atoms with Gasteiger partial charge in [-0.1, -0.05) is 35.0 Å². The van der Waals surface area contributed by atoms with Crippen LogP contribution in [0.5, 0.6) is 0 Å². The van der Waals surface area contributed by atoms with E-state index in [1.807, 2.05) is 12.1 Å². The quantitative estimate of drug-likeness (QED) is 0.890. The number of hydrogen-bond donors (Lipinski definition) is 1. The number of halogens is 1. The van der Waals surface area contributed by atoms with Crippen LogP contribution in [0.4, 0.5) is 0 Å². The Hall–Kier alpha value is -0.380. The molecule has 2 nitrogen and oxygen atoms in total. The molecule has 84 valence electrons. The van der Waals surface area contributed by atoms with Crippen LogP contribution < -0.4 is 0 Å². The molecule has 0 bridgehead atoms. The molecule has 15 heavy (non-hydrogen) atoms. The van der Waals surface area contributed by atoms with Crippen LogP contribution in [0, 0.1) is 5.92 Å². The van der Waals surface area contributed by atoms with Crippen molar-refractivity contribution < 1.29 is 5.11 Å². The largest absolute Gasteiger partial charge is 0.396 e. The highest BCUT2D eigenvalue weighted by Gasteiger charge is 2.05. The van der Waals surface area contributed by atoms with E-state index in [0.29, 0.717) is 5.92 Å². The first-order valence-corrected chi connectivity index (χ1v) is 5.95. The van der Waals surface area contributed by atoms with Gasteiger partial charge in [-0.2, -0.15) is 0 Å². The van der Waals surface area contributed by atoms with Gasteiger partial charge in [0, 0.05) is 24.2 Å². The van der Waals surface area contributed by atoms with E-state index < -0.39 is 0 Å². The van der Waals surface area contributed by atoms with Gasteiger partial charge >= 0.3 is 0 Å². The minimum atomic E-state index is 0.253. The molecular formula is C12H18BrNO. The maximum atomic E-state index is 8.96. The van der Waals surface area contributed by atoms with E-state index in [4.69, 9.17) is 5.11 Å². The Bertz CT molecular complexity index is 303. The zero-order valence-electron chi connectivity index (χ0n) is 9.28. The first-order chi connectivity index (χ1) is 7.11. The van der Waals surface area contributed by atoms with Gasteiger partial charge in [-0.05, 0) is 30.7 Å². The minimum absolute atomic E-state index is 0.253. The van der Waals surface area contributed by atoms with Gasteiger partial charge in [0.2, 0.25) is 0 Å². The summed E-state index contributed by atoms with van der Waals surface area (Å²) in [6.07, 6.45) is 0. The Morgan fingerprint density at radius 1 is 1.47 bits per heavy atom. The summed E-state index contributed by atoms with van der Waals surface area (Å²) >= 11 is 3.46. The SMILES string of the molecule is CC(CO)CN(C)Cc1cccc(Br)c1. The van der Waals surface area contributed by atoms with Gasteiger partial charge in [-0.15, -0.1) is 0 Å². The van der Waals surface area contributed by atoms with E-state index in [0.717, 1.165) is 17.6 Å². The molecule has 0 radical (unpaired) electrons. The minimum Gasteiger partial charge on any atom is -0.396 e. The zero-order chi connectivity index (χ0) is 11.3. The van der Waals surface area contributed by atoms with Gasteiger partial charge in [0.25, 0.3) is 0 Å². The molecule has 1 rings (SSSR count). The lowest BCUT2D eigenvalue weighted by Gasteiger charge is -2.20. The molecule has 0 aliphatic heterocycles. The summed E-state index contributed by atoms with van der Waals surface area (Å²) in [6, 6.07) is 8.31. The number of aliphatic hydroxyl groups is 1. The Balaban J connectivity index is 2.47. The third-order valence-electron chi connectivity index (χ3n) is 2.28. The van der Waals surface area contributed by atoms with Gasteiger partial charge < -0.3 is 10.0 Å². The Morgan fingerprint density at radius 3 is 2.80 bits per heavy atom. The summed E-state index contributed by atoms with van der Waals surface area (Å²) in [5.41, 5.74) is 1.29. The van der Waals surface area contributed by atoms with E-state index in [9.17, 15) is 0 Å². The first-order valence-electron chi connectivity index (χ1n) is 5.15. The molecule has 0 amide bonds. The maximum absolute atomic E-state index is 8.96. The Labute approximate surface area is 100 Å². The number of benzene rings is 1. The molecule has 1 aromatic rings. The number of aliphatic hydroxyl groups excluding tert-OH is 1. The van der Waals surface area contributed by atoms with E-state index in [1.54, 1.807) is 0 Å². The van der Waals surface area contributed by atoms with Crippen molar-refractivity contribution in [1.29, 1.82) is 0 Å². The first kappa shape index (κ1) is 12.7. The average Bonchev–Trinajstić information content (AvgIpc) is 2.17. The summed E-state index contributed by atoms with van der Waals surface area (Å²) in [4.78, 5) is 2.22.